The van der Waals surface area contributed by atoms with E-state index >= 15 is 0 Å². The Morgan fingerprint density at radius 1 is 1.09 bits per heavy atom. The van der Waals surface area contributed by atoms with Crippen LogP contribution in [-0.4, -0.2) is 60.8 Å². The monoisotopic (exact) mass is 530 g/mol. The number of thioether (sulfide) groups is 1. The molecule has 0 saturated carbocycles. The molecule has 1 aliphatic rings. The number of hydrogen-bond acceptors (Lipinski definition) is 7. The SMILES string of the molecule is CN(C)c1ccc(CN(C(=O)c2nc(SCc3ccccc3)ncc2Cl)C2CCS(=O)(=O)C2)cc1. The molecule has 0 spiro atoms. The maximum absolute atomic E-state index is 13.7. The normalized spacial score (nSPS) is 16.7. The Kier molecular flexibility index (Phi) is 7.98. The first kappa shape index (κ1) is 25.5. The Morgan fingerprint density at radius 2 is 1.80 bits per heavy atom. The van der Waals surface area contributed by atoms with Gasteiger partial charge >= 0.3 is 0 Å². The van der Waals surface area contributed by atoms with Gasteiger partial charge < -0.3 is 9.80 Å². The van der Waals surface area contributed by atoms with Crippen LogP contribution in [0.2, 0.25) is 5.02 Å². The summed E-state index contributed by atoms with van der Waals surface area (Å²) in [5.74, 6) is 0.264. The third-order valence-corrected chi connectivity index (χ3v) is 8.81. The molecule has 0 bridgehead atoms. The summed E-state index contributed by atoms with van der Waals surface area (Å²) in [6, 6.07) is 17.3. The molecule has 1 aromatic heterocycles. The molecule has 7 nitrogen and oxygen atoms in total. The first-order valence-electron chi connectivity index (χ1n) is 11.2. The van der Waals surface area contributed by atoms with Gasteiger partial charge in [-0.3, -0.25) is 4.79 Å². The molecule has 2 aromatic carbocycles. The van der Waals surface area contributed by atoms with E-state index in [1.807, 2.05) is 73.6 Å². The third-order valence-electron chi connectivity index (χ3n) is 5.85. The number of aromatic nitrogens is 2. The van der Waals surface area contributed by atoms with E-state index in [2.05, 4.69) is 9.97 Å². The number of amides is 1. The van der Waals surface area contributed by atoms with Gasteiger partial charge in [-0.15, -0.1) is 0 Å². The second-order valence-electron chi connectivity index (χ2n) is 8.67. The first-order valence-corrected chi connectivity index (χ1v) is 14.4. The molecule has 184 valence electrons. The summed E-state index contributed by atoms with van der Waals surface area (Å²) in [5.41, 5.74) is 3.14. The minimum absolute atomic E-state index is 0.0627. The molecule has 4 rings (SSSR count). The average molecular weight is 531 g/mol. The molecule has 2 heterocycles. The van der Waals surface area contributed by atoms with Gasteiger partial charge in [-0.2, -0.15) is 0 Å². The van der Waals surface area contributed by atoms with Gasteiger partial charge in [0, 0.05) is 38.1 Å². The van der Waals surface area contributed by atoms with Crippen LogP contribution in [-0.2, 0) is 22.1 Å². The molecule has 0 N–H and O–H groups in total. The summed E-state index contributed by atoms with van der Waals surface area (Å²) in [5, 5.41) is 0.587. The van der Waals surface area contributed by atoms with Gasteiger partial charge in [0.15, 0.2) is 20.7 Å². The maximum atomic E-state index is 13.7. The topological polar surface area (TPSA) is 83.5 Å². The Hall–Kier alpha value is -2.62. The zero-order valence-electron chi connectivity index (χ0n) is 19.6. The molecule has 1 atom stereocenters. The lowest BCUT2D eigenvalue weighted by atomic mass is 10.1. The van der Waals surface area contributed by atoms with E-state index in [1.54, 1.807) is 4.90 Å². The summed E-state index contributed by atoms with van der Waals surface area (Å²) in [7, 11) is 0.720. The fraction of sp³-hybridized carbons (Fsp3) is 0.320. The van der Waals surface area contributed by atoms with E-state index in [1.165, 1.54) is 18.0 Å². The Labute approximate surface area is 215 Å². The number of sulfone groups is 1. The zero-order valence-corrected chi connectivity index (χ0v) is 22.0. The molecule has 1 aliphatic heterocycles. The largest absolute Gasteiger partial charge is 0.378 e. The van der Waals surface area contributed by atoms with Crippen molar-refractivity contribution in [3.63, 3.8) is 0 Å². The van der Waals surface area contributed by atoms with Gasteiger partial charge in [0.05, 0.1) is 22.7 Å². The van der Waals surface area contributed by atoms with Crippen molar-refractivity contribution in [2.75, 3.05) is 30.5 Å². The van der Waals surface area contributed by atoms with Crippen molar-refractivity contribution >= 4 is 44.8 Å². The quantitative estimate of drug-likeness (QED) is 0.317. The highest BCUT2D eigenvalue weighted by atomic mass is 35.5. The van der Waals surface area contributed by atoms with E-state index in [4.69, 9.17) is 11.6 Å². The molecule has 0 aliphatic carbocycles. The average Bonchev–Trinajstić information content (AvgIpc) is 3.21. The predicted octanol–water partition coefficient (Wildman–Crippen LogP) is 4.32. The summed E-state index contributed by atoms with van der Waals surface area (Å²) in [6.45, 7) is 0.263. The molecule has 1 unspecified atom stereocenters. The first-order chi connectivity index (χ1) is 16.7. The van der Waals surface area contributed by atoms with Gasteiger partial charge in [0.1, 0.15) is 0 Å². The van der Waals surface area contributed by atoms with E-state index in [9.17, 15) is 13.2 Å². The van der Waals surface area contributed by atoms with Crippen molar-refractivity contribution in [3.8, 4) is 0 Å². The van der Waals surface area contributed by atoms with E-state index in [0.717, 1.165) is 16.8 Å². The number of nitrogens with zero attached hydrogens (tertiary/aromatic N) is 4. The number of carbonyl (C=O) groups excluding carboxylic acids is 1. The van der Waals surface area contributed by atoms with Gasteiger partial charge in [0.25, 0.3) is 5.91 Å². The molecule has 10 heteroatoms. The smallest absolute Gasteiger partial charge is 0.274 e. The number of benzene rings is 2. The number of carbonyl (C=O) groups is 1. The number of hydrogen-bond donors (Lipinski definition) is 0. The molecule has 1 amide bonds. The predicted molar refractivity (Wildman–Crippen MR) is 141 cm³/mol. The highest BCUT2D eigenvalue weighted by molar-refractivity contribution is 7.98. The van der Waals surface area contributed by atoms with E-state index < -0.39 is 21.8 Å². The van der Waals surface area contributed by atoms with Crippen LogP contribution in [0.25, 0.3) is 0 Å². The third kappa shape index (κ3) is 6.54. The van der Waals surface area contributed by atoms with Crippen molar-refractivity contribution in [1.82, 2.24) is 14.9 Å². The van der Waals surface area contributed by atoms with Crippen LogP contribution in [0, 0.1) is 0 Å². The lowest BCUT2D eigenvalue weighted by molar-refractivity contribution is 0.0674. The minimum Gasteiger partial charge on any atom is -0.378 e. The summed E-state index contributed by atoms with van der Waals surface area (Å²) < 4.78 is 24.4. The Balaban J connectivity index is 1.59. The number of rotatable bonds is 8. The minimum atomic E-state index is -3.19. The van der Waals surface area contributed by atoms with Crippen LogP contribution in [0.15, 0.2) is 66.0 Å². The Bertz CT molecular complexity index is 1290. The fourth-order valence-corrected chi connectivity index (χ4v) is 6.59. The van der Waals surface area contributed by atoms with Crippen LogP contribution < -0.4 is 4.90 Å². The summed E-state index contributed by atoms with van der Waals surface area (Å²) in [4.78, 5) is 26.0. The number of halogens is 1. The van der Waals surface area contributed by atoms with Gasteiger partial charge in [0.2, 0.25) is 0 Å². The molecular weight excluding hydrogens is 504 g/mol. The lowest BCUT2D eigenvalue weighted by Gasteiger charge is -2.28. The highest BCUT2D eigenvalue weighted by Crippen LogP contribution is 2.27. The van der Waals surface area contributed by atoms with Crippen molar-refractivity contribution in [2.24, 2.45) is 0 Å². The lowest BCUT2D eigenvalue weighted by Crippen LogP contribution is -2.41. The van der Waals surface area contributed by atoms with Crippen LogP contribution in [0.5, 0.6) is 0 Å². The maximum Gasteiger partial charge on any atom is 0.274 e. The second-order valence-corrected chi connectivity index (χ2v) is 12.3. The van der Waals surface area contributed by atoms with Crippen LogP contribution in [0.3, 0.4) is 0 Å². The summed E-state index contributed by atoms with van der Waals surface area (Å²) in [6.07, 6.45) is 1.83. The van der Waals surface area contributed by atoms with Crippen LogP contribution >= 0.6 is 23.4 Å². The highest BCUT2D eigenvalue weighted by Gasteiger charge is 2.36. The van der Waals surface area contributed by atoms with Crippen molar-refractivity contribution in [3.05, 3.63) is 82.6 Å². The fourth-order valence-electron chi connectivity index (χ4n) is 3.91. The van der Waals surface area contributed by atoms with E-state index in [-0.39, 0.29) is 28.8 Å². The molecule has 35 heavy (non-hydrogen) atoms. The summed E-state index contributed by atoms with van der Waals surface area (Å²) >= 11 is 7.78. The van der Waals surface area contributed by atoms with Gasteiger partial charge in [-0.1, -0.05) is 65.8 Å². The molecular formula is C25H27ClN4O3S2. The molecule has 1 fully saturated rings. The molecule has 3 aromatic rings. The van der Waals surface area contributed by atoms with E-state index in [0.29, 0.717) is 17.3 Å². The standard InChI is InChI=1S/C25H27ClN4O3S2/c1-29(2)20-10-8-18(9-11-20)15-30(21-12-13-35(32,33)17-21)24(31)23-22(26)14-27-25(28-23)34-16-19-6-4-3-5-7-19/h3-11,14,21H,12-13,15-17H2,1-2H3. The molecule has 1 saturated heterocycles. The Morgan fingerprint density at radius 3 is 2.43 bits per heavy atom. The van der Waals surface area contributed by atoms with Crippen LogP contribution in [0.4, 0.5) is 5.69 Å². The van der Waals surface area contributed by atoms with Gasteiger partial charge in [-0.25, -0.2) is 18.4 Å². The zero-order chi connectivity index (χ0) is 25.0. The number of anilines is 1. The van der Waals surface area contributed by atoms with Crippen molar-refractivity contribution < 1.29 is 13.2 Å². The molecule has 0 radical (unpaired) electrons. The van der Waals surface area contributed by atoms with Crippen molar-refractivity contribution in [1.29, 1.82) is 0 Å². The van der Waals surface area contributed by atoms with Gasteiger partial charge in [-0.05, 0) is 29.7 Å². The van der Waals surface area contributed by atoms with Crippen molar-refractivity contribution in [2.45, 2.75) is 29.9 Å². The second kappa shape index (κ2) is 11.0. The van der Waals surface area contributed by atoms with Crippen LogP contribution in [0.1, 0.15) is 28.0 Å².